The van der Waals surface area contributed by atoms with Gasteiger partial charge in [-0.25, -0.2) is 0 Å². The Balaban J connectivity index is 1.48. The van der Waals surface area contributed by atoms with Crippen molar-refractivity contribution in [2.45, 2.75) is 45.1 Å². The first-order chi connectivity index (χ1) is 13.3. The molecule has 3 rings (SSSR count). The van der Waals surface area contributed by atoms with Crippen LogP contribution in [0.1, 0.15) is 42.6 Å². The van der Waals surface area contributed by atoms with Crippen molar-refractivity contribution in [3.63, 3.8) is 0 Å². The SMILES string of the molecule is CC1c2cccn2CCN1C(=O)CCC(=O)NCc1cccc(C(F)(F)F)c1. The zero-order valence-corrected chi connectivity index (χ0v) is 15.5. The lowest BCUT2D eigenvalue weighted by molar-refractivity contribution is -0.137. The summed E-state index contributed by atoms with van der Waals surface area (Å²) in [5.41, 5.74) is 0.673. The number of amides is 2. The number of nitrogens with zero attached hydrogens (tertiary/aromatic N) is 2. The van der Waals surface area contributed by atoms with Gasteiger partial charge in [-0.3, -0.25) is 9.59 Å². The van der Waals surface area contributed by atoms with Crippen molar-refractivity contribution < 1.29 is 22.8 Å². The maximum absolute atomic E-state index is 12.7. The first-order valence-electron chi connectivity index (χ1n) is 9.13. The van der Waals surface area contributed by atoms with Crippen LogP contribution in [-0.2, 0) is 28.9 Å². The number of fused-ring (bicyclic) bond motifs is 1. The van der Waals surface area contributed by atoms with E-state index in [1.54, 1.807) is 4.90 Å². The van der Waals surface area contributed by atoms with Crippen LogP contribution < -0.4 is 5.32 Å². The molecule has 2 heterocycles. The summed E-state index contributed by atoms with van der Waals surface area (Å²) in [5.74, 6) is -0.465. The number of alkyl halides is 3. The van der Waals surface area contributed by atoms with E-state index in [1.807, 2.05) is 25.3 Å². The topological polar surface area (TPSA) is 54.3 Å². The van der Waals surface area contributed by atoms with E-state index in [0.717, 1.165) is 24.4 Å². The van der Waals surface area contributed by atoms with E-state index in [-0.39, 0.29) is 37.2 Å². The molecule has 8 heteroatoms. The predicted octanol–water partition coefficient (Wildman–Crippen LogP) is 3.51. The van der Waals surface area contributed by atoms with E-state index >= 15 is 0 Å². The third kappa shape index (κ3) is 4.55. The Hall–Kier alpha value is -2.77. The number of nitrogens with one attached hydrogen (secondary N) is 1. The highest BCUT2D eigenvalue weighted by Crippen LogP contribution is 2.29. The molecule has 28 heavy (non-hydrogen) atoms. The summed E-state index contributed by atoms with van der Waals surface area (Å²) >= 11 is 0. The van der Waals surface area contributed by atoms with Gasteiger partial charge in [0.15, 0.2) is 0 Å². The predicted molar refractivity (Wildman–Crippen MR) is 97.1 cm³/mol. The van der Waals surface area contributed by atoms with Gasteiger partial charge in [-0.2, -0.15) is 13.2 Å². The van der Waals surface area contributed by atoms with E-state index in [4.69, 9.17) is 0 Å². The smallest absolute Gasteiger partial charge is 0.352 e. The van der Waals surface area contributed by atoms with Crippen molar-refractivity contribution >= 4 is 11.8 Å². The van der Waals surface area contributed by atoms with Gasteiger partial charge in [0.05, 0.1) is 11.6 Å². The van der Waals surface area contributed by atoms with Crippen LogP contribution in [0.3, 0.4) is 0 Å². The van der Waals surface area contributed by atoms with Gasteiger partial charge in [-0.1, -0.05) is 12.1 Å². The van der Waals surface area contributed by atoms with Crippen molar-refractivity contribution in [2.75, 3.05) is 6.54 Å². The molecule has 1 unspecified atom stereocenters. The van der Waals surface area contributed by atoms with Crippen LogP contribution in [0, 0.1) is 0 Å². The van der Waals surface area contributed by atoms with E-state index in [9.17, 15) is 22.8 Å². The minimum absolute atomic E-state index is 0.00201. The van der Waals surface area contributed by atoms with Gasteiger partial charge in [0.2, 0.25) is 11.8 Å². The minimum atomic E-state index is -4.42. The van der Waals surface area contributed by atoms with Crippen LogP contribution in [0.25, 0.3) is 0 Å². The zero-order valence-electron chi connectivity index (χ0n) is 15.5. The molecule has 0 saturated heterocycles. The Morgan fingerprint density at radius 3 is 2.68 bits per heavy atom. The molecule has 0 saturated carbocycles. The highest BCUT2D eigenvalue weighted by Gasteiger charge is 2.30. The molecule has 1 aliphatic heterocycles. The first kappa shape index (κ1) is 20.0. The standard InChI is InChI=1S/C20H22F3N3O2/c1-14-17-6-3-9-25(17)10-11-26(14)19(28)8-7-18(27)24-13-15-4-2-5-16(12-15)20(21,22)23/h2-6,9,12,14H,7-8,10-11,13H2,1H3,(H,24,27). The number of halogens is 3. The molecule has 1 atom stereocenters. The molecule has 2 amide bonds. The Labute approximate surface area is 161 Å². The third-order valence-corrected chi connectivity index (χ3v) is 4.97. The van der Waals surface area contributed by atoms with Crippen LogP contribution in [-0.4, -0.2) is 27.8 Å². The fourth-order valence-corrected chi connectivity index (χ4v) is 3.43. The average Bonchev–Trinajstić information content (AvgIpc) is 3.14. The number of carbonyl (C=O) groups is 2. The lowest BCUT2D eigenvalue weighted by atomic mass is 10.1. The van der Waals surface area contributed by atoms with Crippen LogP contribution in [0.4, 0.5) is 13.2 Å². The fourth-order valence-electron chi connectivity index (χ4n) is 3.43. The summed E-state index contributed by atoms with van der Waals surface area (Å²) in [6.45, 7) is 3.26. The molecule has 1 aliphatic rings. The van der Waals surface area contributed by atoms with Crippen LogP contribution in [0.5, 0.6) is 0 Å². The number of hydrogen-bond donors (Lipinski definition) is 1. The second kappa shape index (κ2) is 8.08. The molecule has 1 N–H and O–H groups in total. The van der Waals surface area contributed by atoms with Crippen molar-refractivity contribution in [1.82, 2.24) is 14.8 Å². The summed E-state index contributed by atoms with van der Waals surface area (Å²) in [5, 5.41) is 2.58. The molecule has 1 aromatic carbocycles. The lowest BCUT2D eigenvalue weighted by Gasteiger charge is -2.35. The number of carbonyl (C=O) groups excluding carboxylic acids is 2. The zero-order chi connectivity index (χ0) is 20.3. The van der Waals surface area contributed by atoms with Crippen LogP contribution in [0.2, 0.25) is 0 Å². The first-order valence-corrected chi connectivity index (χ1v) is 9.13. The van der Waals surface area contributed by atoms with Crippen LogP contribution >= 0.6 is 0 Å². The molecule has 0 spiro atoms. The van der Waals surface area contributed by atoms with Crippen molar-refractivity contribution in [3.8, 4) is 0 Å². The number of hydrogen-bond acceptors (Lipinski definition) is 2. The number of benzene rings is 1. The fraction of sp³-hybridized carbons (Fsp3) is 0.400. The Bertz CT molecular complexity index is 860. The van der Waals surface area contributed by atoms with Crippen molar-refractivity contribution in [2.24, 2.45) is 0 Å². The van der Waals surface area contributed by atoms with Gasteiger partial charge in [0.25, 0.3) is 0 Å². The van der Waals surface area contributed by atoms with E-state index in [0.29, 0.717) is 12.1 Å². The molecule has 0 fully saturated rings. The molecule has 2 aromatic rings. The summed E-state index contributed by atoms with van der Waals surface area (Å²) in [6, 6.07) is 8.69. The maximum Gasteiger partial charge on any atom is 0.416 e. The normalized spacial score (nSPS) is 16.6. The van der Waals surface area contributed by atoms with Crippen molar-refractivity contribution in [1.29, 1.82) is 0 Å². The van der Waals surface area contributed by atoms with E-state index in [1.165, 1.54) is 12.1 Å². The summed E-state index contributed by atoms with van der Waals surface area (Å²) < 4.78 is 40.3. The second-order valence-electron chi connectivity index (χ2n) is 6.86. The van der Waals surface area contributed by atoms with Gasteiger partial charge in [-0.15, -0.1) is 0 Å². The summed E-state index contributed by atoms with van der Waals surface area (Å²) in [4.78, 5) is 26.3. The minimum Gasteiger partial charge on any atom is -0.352 e. The Morgan fingerprint density at radius 2 is 1.93 bits per heavy atom. The molecule has 1 aromatic heterocycles. The third-order valence-electron chi connectivity index (χ3n) is 4.97. The Kier molecular flexibility index (Phi) is 5.76. The summed E-state index contributed by atoms with van der Waals surface area (Å²) in [7, 11) is 0. The molecular weight excluding hydrogens is 371 g/mol. The Morgan fingerprint density at radius 1 is 1.14 bits per heavy atom. The molecular formula is C20H22F3N3O2. The highest BCUT2D eigenvalue weighted by atomic mass is 19.4. The van der Waals surface area contributed by atoms with Gasteiger partial charge < -0.3 is 14.8 Å². The van der Waals surface area contributed by atoms with Gasteiger partial charge in [-0.05, 0) is 36.8 Å². The van der Waals surface area contributed by atoms with Gasteiger partial charge in [0.1, 0.15) is 0 Å². The van der Waals surface area contributed by atoms with E-state index < -0.39 is 11.7 Å². The molecule has 0 bridgehead atoms. The largest absolute Gasteiger partial charge is 0.416 e. The maximum atomic E-state index is 12.7. The van der Waals surface area contributed by atoms with Crippen molar-refractivity contribution in [3.05, 3.63) is 59.4 Å². The molecule has 0 aliphatic carbocycles. The van der Waals surface area contributed by atoms with Crippen LogP contribution in [0.15, 0.2) is 42.6 Å². The molecule has 0 radical (unpaired) electrons. The number of rotatable bonds is 5. The highest BCUT2D eigenvalue weighted by molar-refractivity contribution is 5.84. The molecule has 150 valence electrons. The van der Waals surface area contributed by atoms with Gasteiger partial charge in [0, 0.05) is 44.4 Å². The number of aromatic nitrogens is 1. The summed E-state index contributed by atoms with van der Waals surface area (Å²) in [6.07, 6.45) is -2.37. The average molecular weight is 393 g/mol. The monoisotopic (exact) mass is 393 g/mol. The van der Waals surface area contributed by atoms with Gasteiger partial charge >= 0.3 is 6.18 Å². The lowest BCUT2D eigenvalue weighted by Crippen LogP contribution is -2.41. The van der Waals surface area contributed by atoms with E-state index in [2.05, 4.69) is 9.88 Å². The second-order valence-corrected chi connectivity index (χ2v) is 6.86. The quantitative estimate of drug-likeness (QED) is 0.845. The molecule has 5 nitrogen and oxygen atoms in total.